The fourth-order valence-electron chi connectivity index (χ4n) is 8.26. The van der Waals surface area contributed by atoms with Crippen molar-refractivity contribution in [2.45, 2.75) is 32.1 Å². The quantitative estimate of drug-likeness (QED) is 0.201. The number of allylic oxidation sites excluding steroid dienone is 4. The van der Waals surface area contributed by atoms with E-state index < -0.39 is 0 Å². The summed E-state index contributed by atoms with van der Waals surface area (Å²) in [6.45, 7) is 4.73. The number of para-hydroxylation sites is 2. The molecule has 0 spiro atoms. The lowest BCUT2D eigenvalue weighted by Crippen LogP contribution is -2.16. The van der Waals surface area contributed by atoms with Crippen molar-refractivity contribution in [2.24, 2.45) is 0 Å². The molecular formula is C43H31N3. The Morgan fingerprint density at radius 2 is 1.28 bits per heavy atom. The normalized spacial score (nSPS) is 15.4. The van der Waals surface area contributed by atoms with Gasteiger partial charge in [0.2, 0.25) is 0 Å². The maximum absolute atomic E-state index is 5.44. The van der Waals surface area contributed by atoms with Gasteiger partial charge >= 0.3 is 0 Å². The van der Waals surface area contributed by atoms with Crippen molar-refractivity contribution in [3.63, 3.8) is 0 Å². The zero-order valence-corrected chi connectivity index (χ0v) is 25.9. The average Bonchev–Trinajstić information content (AvgIpc) is 3.57. The van der Waals surface area contributed by atoms with E-state index in [4.69, 9.17) is 9.97 Å². The fourth-order valence-corrected chi connectivity index (χ4v) is 8.26. The topological polar surface area (TPSA) is 30.7 Å². The van der Waals surface area contributed by atoms with E-state index in [1.165, 1.54) is 54.6 Å². The van der Waals surface area contributed by atoms with Crippen LogP contribution in [0, 0.1) is 0 Å². The maximum atomic E-state index is 5.44. The van der Waals surface area contributed by atoms with Crippen LogP contribution in [0.3, 0.4) is 0 Å². The zero-order valence-electron chi connectivity index (χ0n) is 25.9. The van der Waals surface area contributed by atoms with Crippen LogP contribution in [0.1, 0.15) is 37.8 Å². The Labute approximate surface area is 267 Å². The third-order valence-electron chi connectivity index (χ3n) is 10.4. The van der Waals surface area contributed by atoms with Crippen LogP contribution >= 0.6 is 0 Å². The Morgan fingerprint density at radius 1 is 0.652 bits per heavy atom. The number of hydrogen-bond donors (Lipinski definition) is 0. The third kappa shape index (κ3) is 3.43. The second-order valence-electron chi connectivity index (χ2n) is 13.3. The first-order valence-electron chi connectivity index (χ1n) is 16.2. The predicted molar refractivity (Wildman–Crippen MR) is 193 cm³/mol. The maximum Gasteiger partial charge on any atom is 0.165 e. The SMILES string of the molecule is CC1(C)C2=C(CCC=C2)c2ccc(-c3nc4ccccc4nc3-n3c4ccc5ccccc5c4c4c5ccccc5ccc43)cc21. The highest BCUT2D eigenvalue weighted by Crippen LogP contribution is 2.51. The number of benzene rings is 6. The molecule has 0 radical (unpaired) electrons. The van der Waals surface area contributed by atoms with Gasteiger partial charge in [-0.05, 0) is 87.0 Å². The van der Waals surface area contributed by atoms with Crippen LogP contribution in [0.2, 0.25) is 0 Å². The van der Waals surface area contributed by atoms with Gasteiger partial charge < -0.3 is 0 Å². The fraction of sp³-hybridized carbons (Fsp3) is 0.116. The Balaban J connectivity index is 1.33. The van der Waals surface area contributed by atoms with E-state index in [1.54, 1.807) is 0 Å². The highest BCUT2D eigenvalue weighted by Gasteiger charge is 2.37. The molecule has 0 aliphatic heterocycles. The molecule has 218 valence electrons. The average molecular weight is 590 g/mol. The standard InChI is InChI=1S/C43H31N3/c1-43(2)33-16-8-7-15-31(33)32-22-19-28(25-34(32)43)41-42(45-36-18-10-9-17-35(36)44-41)46-37-23-20-26-11-3-5-13-29(26)39(37)40-30-14-6-4-12-27(30)21-24-38(40)46/h3-6,8-14,16-25H,7,15H2,1-2H3. The first-order valence-corrected chi connectivity index (χ1v) is 16.2. The smallest absolute Gasteiger partial charge is 0.165 e. The lowest BCUT2D eigenvalue weighted by Gasteiger charge is -2.24. The minimum Gasteiger partial charge on any atom is -0.292 e. The Bertz CT molecular complexity index is 2570. The molecule has 0 unspecified atom stereocenters. The van der Waals surface area contributed by atoms with Crippen LogP contribution in [-0.4, -0.2) is 14.5 Å². The summed E-state index contributed by atoms with van der Waals surface area (Å²) in [5, 5.41) is 7.48. The summed E-state index contributed by atoms with van der Waals surface area (Å²) in [5.41, 5.74) is 11.7. The number of rotatable bonds is 2. The molecule has 3 heteroatoms. The van der Waals surface area contributed by atoms with E-state index in [1.807, 2.05) is 0 Å². The molecule has 2 aromatic heterocycles. The van der Waals surface area contributed by atoms with E-state index >= 15 is 0 Å². The number of nitrogens with zero attached hydrogens (tertiary/aromatic N) is 3. The minimum atomic E-state index is -0.0628. The summed E-state index contributed by atoms with van der Waals surface area (Å²) in [7, 11) is 0. The Morgan fingerprint density at radius 3 is 1.98 bits per heavy atom. The van der Waals surface area contributed by atoms with Crippen molar-refractivity contribution in [1.29, 1.82) is 0 Å². The molecule has 10 rings (SSSR count). The van der Waals surface area contributed by atoms with Crippen molar-refractivity contribution in [2.75, 3.05) is 0 Å². The second kappa shape index (κ2) is 9.24. The van der Waals surface area contributed by atoms with Crippen LogP contribution in [0.4, 0.5) is 0 Å². The van der Waals surface area contributed by atoms with Crippen molar-refractivity contribution < 1.29 is 0 Å². The van der Waals surface area contributed by atoms with Crippen LogP contribution < -0.4 is 0 Å². The van der Waals surface area contributed by atoms with Gasteiger partial charge in [0.15, 0.2) is 5.82 Å². The molecule has 2 heterocycles. The molecule has 0 N–H and O–H groups in total. The van der Waals surface area contributed by atoms with Crippen molar-refractivity contribution in [3.8, 4) is 17.1 Å². The molecule has 6 aromatic carbocycles. The van der Waals surface area contributed by atoms with E-state index in [0.29, 0.717) is 0 Å². The summed E-state index contributed by atoms with van der Waals surface area (Å²) in [4.78, 5) is 10.8. The first kappa shape index (κ1) is 25.8. The molecule has 0 saturated carbocycles. The molecule has 2 aliphatic carbocycles. The van der Waals surface area contributed by atoms with Gasteiger partial charge in [-0.15, -0.1) is 0 Å². The summed E-state index contributed by atoms with van der Waals surface area (Å²) in [5.74, 6) is 0.859. The highest BCUT2D eigenvalue weighted by atomic mass is 15.1. The van der Waals surface area contributed by atoms with Crippen molar-refractivity contribution in [1.82, 2.24) is 14.5 Å². The van der Waals surface area contributed by atoms with Gasteiger partial charge in [-0.1, -0.05) is 111 Å². The first-order chi connectivity index (χ1) is 22.6. The predicted octanol–water partition coefficient (Wildman–Crippen LogP) is 11.1. The summed E-state index contributed by atoms with van der Waals surface area (Å²) in [6.07, 6.45) is 6.89. The highest BCUT2D eigenvalue weighted by molar-refractivity contribution is 6.28. The number of aromatic nitrogens is 3. The number of fused-ring (bicyclic) bond motifs is 10. The molecule has 46 heavy (non-hydrogen) atoms. The molecule has 0 saturated heterocycles. The minimum absolute atomic E-state index is 0.0628. The Hall–Kier alpha value is -5.54. The monoisotopic (exact) mass is 589 g/mol. The largest absolute Gasteiger partial charge is 0.292 e. The third-order valence-corrected chi connectivity index (χ3v) is 10.4. The summed E-state index contributed by atoms with van der Waals surface area (Å²) < 4.78 is 2.36. The van der Waals surface area contributed by atoms with Crippen LogP contribution in [0.15, 0.2) is 133 Å². The van der Waals surface area contributed by atoms with E-state index in [0.717, 1.165) is 52.0 Å². The van der Waals surface area contributed by atoms with Gasteiger partial charge in [0.05, 0.1) is 22.1 Å². The molecule has 3 nitrogen and oxygen atoms in total. The zero-order chi connectivity index (χ0) is 30.6. The Kier molecular flexibility index (Phi) is 5.18. The molecular weight excluding hydrogens is 558 g/mol. The molecule has 8 aromatic rings. The van der Waals surface area contributed by atoms with E-state index in [9.17, 15) is 0 Å². The van der Waals surface area contributed by atoms with E-state index in [-0.39, 0.29) is 5.41 Å². The van der Waals surface area contributed by atoms with Gasteiger partial charge in [0.1, 0.15) is 5.69 Å². The lowest BCUT2D eigenvalue weighted by atomic mass is 9.79. The number of hydrogen-bond acceptors (Lipinski definition) is 2. The summed E-state index contributed by atoms with van der Waals surface area (Å²) >= 11 is 0. The molecule has 0 amide bonds. The van der Waals surface area contributed by atoms with Crippen molar-refractivity contribution in [3.05, 3.63) is 144 Å². The van der Waals surface area contributed by atoms with Gasteiger partial charge in [0.25, 0.3) is 0 Å². The van der Waals surface area contributed by atoms with Gasteiger partial charge in [-0.2, -0.15) is 0 Å². The van der Waals surface area contributed by atoms with Crippen molar-refractivity contribution >= 4 is 60.0 Å². The van der Waals surface area contributed by atoms with Crippen LogP contribution in [-0.2, 0) is 5.41 Å². The van der Waals surface area contributed by atoms with Gasteiger partial charge in [0, 0.05) is 21.8 Å². The molecule has 0 atom stereocenters. The lowest BCUT2D eigenvalue weighted by molar-refractivity contribution is 0.651. The van der Waals surface area contributed by atoms with Gasteiger partial charge in [-0.3, -0.25) is 4.57 Å². The van der Waals surface area contributed by atoms with E-state index in [2.05, 4.69) is 146 Å². The summed E-state index contributed by atoms with van der Waals surface area (Å²) in [6, 6.07) is 41.7. The van der Waals surface area contributed by atoms with Crippen LogP contribution in [0.25, 0.3) is 77.0 Å². The van der Waals surface area contributed by atoms with Gasteiger partial charge in [-0.25, -0.2) is 9.97 Å². The molecule has 2 aliphatic rings. The molecule has 0 fully saturated rings. The van der Waals surface area contributed by atoms with Crippen LogP contribution in [0.5, 0.6) is 0 Å². The molecule has 0 bridgehead atoms. The second-order valence-corrected chi connectivity index (χ2v) is 13.3.